The Morgan fingerprint density at radius 2 is 1.91 bits per heavy atom. The number of aryl methyl sites for hydroxylation is 1. The third-order valence-corrected chi connectivity index (χ3v) is 5.92. The predicted octanol–water partition coefficient (Wildman–Crippen LogP) is 4.20. The molecule has 1 unspecified atom stereocenters. The highest BCUT2D eigenvalue weighted by molar-refractivity contribution is 7.93. The molecule has 6 heteroatoms. The summed E-state index contributed by atoms with van der Waals surface area (Å²) in [5.74, 6) is 0.991. The normalized spacial score (nSPS) is 19.0. The fourth-order valence-electron chi connectivity index (χ4n) is 2.64. The average Bonchev–Trinajstić information content (AvgIpc) is 2.53. The van der Waals surface area contributed by atoms with Gasteiger partial charge in [0.15, 0.2) is 0 Å². The van der Waals surface area contributed by atoms with Crippen LogP contribution in [0, 0.1) is 6.92 Å². The van der Waals surface area contributed by atoms with Gasteiger partial charge in [0.2, 0.25) is 5.44 Å². The SMILES string of the molecule is Cc1ccc2c(c1)OC(CCCCl)S(=O)(=O)N2c1ccccc1. The van der Waals surface area contributed by atoms with Gasteiger partial charge in [0.25, 0.3) is 10.0 Å². The van der Waals surface area contributed by atoms with Gasteiger partial charge in [-0.25, -0.2) is 12.7 Å². The maximum absolute atomic E-state index is 13.0. The minimum absolute atomic E-state index is 0.364. The first-order valence-corrected chi connectivity index (χ1v) is 9.50. The third kappa shape index (κ3) is 3.03. The van der Waals surface area contributed by atoms with Gasteiger partial charge in [0, 0.05) is 12.3 Å². The number of alkyl halides is 1. The number of nitrogens with zero attached hydrogens (tertiary/aromatic N) is 1. The highest BCUT2D eigenvalue weighted by atomic mass is 35.5. The number of ether oxygens (including phenoxy) is 1. The molecule has 2 aromatic rings. The molecule has 0 bridgehead atoms. The lowest BCUT2D eigenvalue weighted by Gasteiger charge is -2.35. The first kappa shape index (κ1) is 16.1. The summed E-state index contributed by atoms with van der Waals surface area (Å²) in [5.41, 5.74) is 1.25. The lowest BCUT2D eigenvalue weighted by atomic mass is 10.2. The fraction of sp³-hybridized carbons (Fsp3) is 0.294. The molecular formula is C17H18ClNO3S. The Morgan fingerprint density at radius 1 is 1.17 bits per heavy atom. The molecule has 0 radical (unpaired) electrons. The van der Waals surface area contributed by atoms with Crippen LogP contribution >= 0.6 is 11.6 Å². The van der Waals surface area contributed by atoms with Crippen molar-refractivity contribution in [1.29, 1.82) is 0 Å². The lowest BCUT2D eigenvalue weighted by molar-refractivity contribution is 0.257. The van der Waals surface area contributed by atoms with E-state index >= 15 is 0 Å². The van der Waals surface area contributed by atoms with Gasteiger partial charge in [-0.2, -0.15) is 0 Å². The molecule has 1 heterocycles. The third-order valence-electron chi connectivity index (χ3n) is 3.74. The Bertz CT molecular complexity index is 793. The molecular weight excluding hydrogens is 334 g/mol. The average molecular weight is 352 g/mol. The molecule has 0 fully saturated rings. The Labute approximate surface area is 141 Å². The topological polar surface area (TPSA) is 46.6 Å². The molecule has 0 saturated carbocycles. The summed E-state index contributed by atoms with van der Waals surface area (Å²) in [6, 6.07) is 14.6. The van der Waals surface area contributed by atoms with Gasteiger partial charge >= 0.3 is 0 Å². The minimum atomic E-state index is -3.66. The monoisotopic (exact) mass is 351 g/mol. The first-order chi connectivity index (χ1) is 11.0. The molecule has 3 rings (SSSR count). The van der Waals surface area contributed by atoms with Gasteiger partial charge in [-0.05, 0) is 43.2 Å². The zero-order valence-corrected chi connectivity index (χ0v) is 14.3. The smallest absolute Gasteiger partial charge is 0.277 e. The van der Waals surface area contributed by atoms with E-state index in [-0.39, 0.29) is 0 Å². The van der Waals surface area contributed by atoms with Gasteiger partial charge in [0.1, 0.15) is 5.75 Å². The van der Waals surface area contributed by atoms with E-state index < -0.39 is 15.5 Å². The van der Waals surface area contributed by atoms with Crippen molar-refractivity contribution < 1.29 is 13.2 Å². The molecule has 1 atom stereocenters. The van der Waals surface area contributed by atoms with Crippen LogP contribution in [-0.2, 0) is 10.0 Å². The van der Waals surface area contributed by atoms with Crippen LogP contribution in [-0.4, -0.2) is 19.7 Å². The molecule has 23 heavy (non-hydrogen) atoms. The van der Waals surface area contributed by atoms with Crippen molar-refractivity contribution in [2.75, 3.05) is 10.2 Å². The van der Waals surface area contributed by atoms with E-state index in [0.29, 0.717) is 35.8 Å². The molecule has 0 N–H and O–H groups in total. The fourth-order valence-corrected chi connectivity index (χ4v) is 4.56. The quantitative estimate of drug-likeness (QED) is 0.775. The van der Waals surface area contributed by atoms with Crippen molar-refractivity contribution in [3.63, 3.8) is 0 Å². The highest BCUT2D eigenvalue weighted by Gasteiger charge is 2.40. The lowest BCUT2D eigenvalue weighted by Crippen LogP contribution is -2.43. The molecule has 4 nitrogen and oxygen atoms in total. The molecule has 1 aliphatic heterocycles. The Balaban J connectivity index is 2.14. The molecule has 0 aromatic heterocycles. The van der Waals surface area contributed by atoms with E-state index in [4.69, 9.17) is 16.3 Å². The maximum atomic E-state index is 13.0. The molecule has 2 aromatic carbocycles. The van der Waals surface area contributed by atoms with Crippen molar-refractivity contribution in [1.82, 2.24) is 0 Å². The summed E-state index contributed by atoms with van der Waals surface area (Å²) in [7, 11) is -3.66. The van der Waals surface area contributed by atoms with Crippen LogP contribution in [0.5, 0.6) is 5.75 Å². The second-order valence-corrected chi connectivity index (χ2v) is 7.79. The standard InChI is InChI=1S/C17H18ClNO3S/c1-13-9-10-15-16(12-13)22-17(8-5-11-18)23(20,21)19(15)14-6-3-2-4-7-14/h2-4,6-7,9-10,12,17H,5,8,11H2,1H3. The van der Waals surface area contributed by atoms with Crippen molar-refractivity contribution in [3.05, 3.63) is 54.1 Å². The summed E-state index contributed by atoms with van der Waals surface area (Å²) in [4.78, 5) is 0. The van der Waals surface area contributed by atoms with Crippen LogP contribution in [0.2, 0.25) is 0 Å². The van der Waals surface area contributed by atoms with E-state index in [1.807, 2.05) is 37.3 Å². The number of para-hydroxylation sites is 1. The number of rotatable bonds is 4. The maximum Gasteiger partial charge on any atom is 0.277 e. The van der Waals surface area contributed by atoms with Crippen molar-refractivity contribution in [2.45, 2.75) is 25.2 Å². The van der Waals surface area contributed by atoms with Crippen molar-refractivity contribution >= 4 is 33.0 Å². The van der Waals surface area contributed by atoms with Crippen LogP contribution in [0.25, 0.3) is 0 Å². The van der Waals surface area contributed by atoms with Gasteiger partial charge in [-0.1, -0.05) is 24.3 Å². The number of fused-ring (bicyclic) bond motifs is 1. The minimum Gasteiger partial charge on any atom is -0.470 e. The van der Waals surface area contributed by atoms with Crippen LogP contribution in [0.3, 0.4) is 0 Å². The number of hydrogen-bond acceptors (Lipinski definition) is 3. The molecule has 122 valence electrons. The summed E-state index contributed by atoms with van der Waals surface area (Å²) >= 11 is 5.73. The van der Waals surface area contributed by atoms with Gasteiger partial charge in [-0.3, -0.25) is 0 Å². The summed E-state index contributed by atoms with van der Waals surface area (Å²) in [6.07, 6.45) is 0.942. The van der Waals surface area contributed by atoms with Crippen LogP contribution in [0.4, 0.5) is 11.4 Å². The van der Waals surface area contributed by atoms with Gasteiger partial charge < -0.3 is 4.74 Å². The Hall–Kier alpha value is -1.72. The molecule has 1 aliphatic rings. The number of sulfonamides is 1. The van der Waals surface area contributed by atoms with Crippen molar-refractivity contribution in [2.24, 2.45) is 0 Å². The summed E-state index contributed by atoms with van der Waals surface area (Å²) in [5, 5.41) is 0. The van der Waals surface area contributed by atoms with E-state index in [9.17, 15) is 8.42 Å². The van der Waals surface area contributed by atoms with Crippen LogP contribution in [0.15, 0.2) is 48.5 Å². The van der Waals surface area contributed by atoms with Crippen LogP contribution < -0.4 is 9.04 Å². The molecule has 0 aliphatic carbocycles. The summed E-state index contributed by atoms with van der Waals surface area (Å²) < 4.78 is 33.2. The van der Waals surface area contributed by atoms with Gasteiger partial charge in [-0.15, -0.1) is 11.6 Å². The Morgan fingerprint density at radius 3 is 2.61 bits per heavy atom. The molecule has 0 amide bonds. The zero-order valence-electron chi connectivity index (χ0n) is 12.8. The number of benzene rings is 2. The zero-order chi connectivity index (χ0) is 16.4. The van der Waals surface area contributed by atoms with E-state index in [0.717, 1.165) is 5.56 Å². The highest BCUT2D eigenvalue weighted by Crippen LogP contribution is 2.43. The predicted molar refractivity (Wildman–Crippen MR) is 93.0 cm³/mol. The van der Waals surface area contributed by atoms with E-state index in [2.05, 4.69) is 0 Å². The number of halogens is 1. The van der Waals surface area contributed by atoms with Gasteiger partial charge in [0.05, 0.1) is 11.4 Å². The largest absolute Gasteiger partial charge is 0.470 e. The second kappa shape index (κ2) is 6.42. The van der Waals surface area contributed by atoms with E-state index in [1.165, 1.54) is 4.31 Å². The summed E-state index contributed by atoms with van der Waals surface area (Å²) in [6.45, 7) is 1.95. The van der Waals surface area contributed by atoms with Crippen LogP contribution in [0.1, 0.15) is 18.4 Å². The first-order valence-electron chi connectivity index (χ1n) is 7.46. The van der Waals surface area contributed by atoms with Crippen molar-refractivity contribution in [3.8, 4) is 5.75 Å². The number of hydrogen-bond donors (Lipinski definition) is 0. The second-order valence-electron chi connectivity index (χ2n) is 5.49. The number of anilines is 2. The molecule has 0 saturated heterocycles. The van der Waals surface area contributed by atoms with E-state index in [1.54, 1.807) is 18.2 Å². The molecule has 0 spiro atoms. The Kier molecular flexibility index (Phi) is 4.50.